The lowest BCUT2D eigenvalue weighted by atomic mass is 9.98. The number of amides is 1. The van der Waals surface area contributed by atoms with E-state index >= 15 is 0 Å². The summed E-state index contributed by atoms with van der Waals surface area (Å²) in [5.74, 6) is 0.421. The van der Waals surface area contributed by atoms with Crippen molar-refractivity contribution in [2.45, 2.75) is 18.4 Å². The molecule has 2 aromatic carbocycles. The average Bonchev–Trinajstić information content (AvgIpc) is 3.12. The highest BCUT2D eigenvalue weighted by atomic mass is 16.5. The Morgan fingerprint density at radius 3 is 2.52 bits per heavy atom. The van der Waals surface area contributed by atoms with Crippen molar-refractivity contribution in [3.05, 3.63) is 65.7 Å². The highest BCUT2D eigenvalue weighted by molar-refractivity contribution is 5.94. The van der Waals surface area contributed by atoms with Gasteiger partial charge in [0, 0.05) is 19.3 Å². The van der Waals surface area contributed by atoms with E-state index in [1.807, 2.05) is 42.5 Å². The van der Waals surface area contributed by atoms with E-state index in [4.69, 9.17) is 4.74 Å². The number of hydrogen-bond acceptors (Lipinski definition) is 3. The number of rotatable bonds is 5. The maximum Gasteiger partial charge on any atom is 0.258 e. The monoisotopic (exact) mass is 310 g/mol. The summed E-state index contributed by atoms with van der Waals surface area (Å²) in [4.78, 5) is 12.4. The lowest BCUT2D eigenvalue weighted by molar-refractivity contribution is -0.126. The summed E-state index contributed by atoms with van der Waals surface area (Å²) >= 11 is 0. The Bertz CT molecular complexity index is 634. The first-order valence-corrected chi connectivity index (χ1v) is 7.97. The highest BCUT2D eigenvalue weighted by Crippen LogP contribution is 2.24. The predicted octanol–water partition coefficient (Wildman–Crippen LogP) is 3.09. The number of carbonyl (C=O) groups excluding carboxylic acids is 1. The molecule has 0 bridgehead atoms. The largest absolute Gasteiger partial charge is 0.367 e. The van der Waals surface area contributed by atoms with Crippen LogP contribution in [0.25, 0.3) is 0 Å². The van der Waals surface area contributed by atoms with Gasteiger partial charge in [0.1, 0.15) is 0 Å². The normalized spacial score (nSPS) is 18.6. The standard InChI is InChI=1S/C19H22N2O2/c1-23-18(15-5-3-2-4-6-15)19(22)21-17-9-7-14(8-10-17)16-11-12-20-13-16/h2-10,16,18,20H,11-13H2,1H3,(H,21,22)/t16?,18-/m0/s1. The molecule has 2 N–H and O–H groups in total. The Balaban J connectivity index is 1.67. The molecule has 0 radical (unpaired) electrons. The zero-order valence-electron chi connectivity index (χ0n) is 13.3. The molecule has 0 aromatic heterocycles. The van der Waals surface area contributed by atoms with Crippen LogP contribution < -0.4 is 10.6 Å². The second-order valence-electron chi connectivity index (χ2n) is 5.83. The number of carbonyl (C=O) groups is 1. The van der Waals surface area contributed by atoms with Gasteiger partial charge in [-0.2, -0.15) is 0 Å². The fraction of sp³-hybridized carbons (Fsp3) is 0.316. The molecule has 120 valence electrons. The summed E-state index contributed by atoms with van der Waals surface area (Å²) in [5.41, 5.74) is 2.96. The molecule has 4 heteroatoms. The van der Waals surface area contributed by atoms with Gasteiger partial charge in [-0.25, -0.2) is 0 Å². The number of nitrogens with one attached hydrogen (secondary N) is 2. The molecule has 1 unspecified atom stereocenters. The molecule has 2 aromatic rings. The molecular weight excluding hydrogens is 288 g/mol. The third-order valence-corrected chi connectivity index (χ3v) is 4.29. The van der Waals surface area contributed by atoms with Gasteiger partial charge in [0.15, 0.2) is 6.10 Å². The summed E-state index contributed by atoms with van der Waals surface area (Å²) in [7, 11) is 1.55. The van der Waals surface area contributed by atoms with Gasteiger partial charge in [-0.15, -0.1) is 0 Å². The maximum atomic E-state index is 12.4. The fourth-order valence-corrected chi connectivity index (χ4v) is 3.01. The average molecular weight is 310 g/mol. The lowest BCUT2D eigenvalue weighted by Gasteiger charge is -2.16. The van der Waals surface area contributed by atoms with Gasteiger partial charge in [0.2, 0.25) is 0 Å². The van der Waals surface area contributed by atoms with Crippen LogP contribution in [0.2, 0.25) is 0 Å². The van der Waals surface area contributed by atoms with Gasteiger partial charge in [-0.05, 0) is 42.1 Å². The van der Waals surface area contributed by atoms with E-state index in [0.717, 1.165) is 24.3 Å². The summed E-state index contributed by atoms with van der Waals surface area (Å²) in [6.07, 6.45) is 0.570. The second kappa shape index (κ2) is 7.40. The quantitative estimate of drug-likeness (QED) is 0.892. The van der Waals surface area contributed by atoms with Gasteiger partial charge in [-0.1, -0.05) is 42.5 Å². The Morgan fingerprint density at radius 2 is 1.91 bits per heavy atom. The zero-order valence-corrected chi connectivity index (χ0v) is 13.3. The van der Waals surface area contributed by atoms with Crippen LogP contribution in [0, 0.1) is 0 Å². The molecular formula is C19H22N2O2. The van der Waals surface area contributed by atoms with E-state index in [1.165, 1.54) is 12.0 Å². The SMILES string of the molecule is CO[C@H](C(=O)Nc1ccc(C2CCNC2)cc1)c1ccccc1. The van der Waals surface area contributed by atoms with Crippen molar-refractivity contribution < 1.29 is 9.53 Å². The minimum absolute atomic E-state index is 0.158. The molecule has 2 atom stereocenters. The molecule has 0 aliphatic carbocycles. The van der Waals surface area contributed by atoms with Crippen LogP contribution in [0.5, 0.6) is 0 Å². The van der Waals surface area contributed by atoms with Crippen LogP contribution in [-0.4, -0.2) is 26.1 Å². The third kappa shape index (κ3) is 3.78. The summed E-state index contributed by atoms with van der Waals surface area (Å²) < 4.78 is 5.36. The number of ether oxygens (including phenoxy) is 1. The number of anilines is 1. The van der Waals surface area contributed by atoms with E-state index in [1.54, 1.807) is 7.11 Å². The summed E-state index contributed by atoms with van der Waals surface area (Å²) in [6.45, 7) is 2.11. The number of methoxy groups -OCH3 is 1. The van der Waals surface area contributed by atoms with Crippen LogP contribution in [-0.2, 0) is 9.53 Å². The first-order valence-electron chi connectivity index (χ1n) is 7.97. The molecule has 1 aliphatic rings. The van der Waals surface area contributed by atoms with E-state index in [0.29, 0.717) is 5.92 Å². The van der Waals surface area contributed by atoms with E-state index in [2.05, 4.69) is 22.8 Å². The van der Waals surface area contributed by atoms with Gasteiger partial charge in [-0.3, -0.25) is 4.79 Å². The molecule has 3 rings (SSSR count). The molecule has 1 saturated heterocycles. The van der Waals surface area contributed by atoms with E-state index in [9.17, 15) is 4.79 Å². The molecule has 1 fully saturated rings. The summed E-state index contributed by atoms with van der Waals surface area (Å²) in [6, 6.07) is 17.6. The Labute approximate surface area is 136 Å². The van der Waals surface area contributed by atoms with Crippen molar-refractivity contribution in [1.82, 2.24) is 5.32 Å². The molecule has 23 heavy (non-hydrogen) atoms. The van der Waals surface area contributed by atoms with Crippen LogP contribution >= 0.6 is 0 Å². The van der Waals surface area contributed by atoms with Crippen molar-refractivity contribution in [1.29, 1.82) is 0 Å². The van der Waals surface area contributed by atoms with E-state index in [-0.39, 0.29) is 5.91 Å². The van der Waals surface area contributed by atoms with Gasteiger partial charge >= 0.3 is 0 Å². The first kappa shape index (κ1) is 15.7. The van der Waals surface area contributed by atoms with Crippen LogP contribution in [0.3, 0.4) is 0 Å². The van der Waals surface area contributed by atoms with Crippen LogP contribution in [0.4, 0.5) is 5.69 Å². The Morgan fingerprint density at radius 1 is 1.17 bits per heavy atom. The Hall–Kier alpha value is -2.17. The minimum atomic E-state index is -0.602. The zero-order chi connectivity index (χ0) is 16.1. The van der Waals surface area contributed by atoms with Gasteiger partial charge in [0.25, 0.3) is 5.91 Å². The van der Waals surface area contributed by atoms with E-state index < -0.39 is 6.10 Å². The number of hydrogen-bond donors (Lipinski definition) is 2. The highest BCUT2D eigenvalue weighted by Gasteiger charge is 2.20. The van der Waals surface area contributed by atoms with Crippen molar-refractivity contribution in [3.63, 3.8) is 0 Å². The van der Waals surface area contributed by atoms with Crippen molar-refractivity contribution in [3.8, 4) is 0 Å². The molecule has 1 aliphatic heterocycles. The topological polar surface area (TPSA) is 50.4 Å². The van der Waals surface area contributed by atoms with Crippen LogP contribution in [0.1, 0.15) is 29.6 Å². The summed E-state index contributed by atoms with van der Waals surface area (Å²) in [5, 5.41) is 6.30. The second-order valence-corrected chi connectivity index (χ2v) is 5.83. The molecule has 1 heterocycles. The maximum absolute atomic E-state index is 12.4. The smallest absolute Gasteiger partial charge is 0.258 e. The molecule has 0 spiro atoms. The molecule has 0 saturated carbocycles. The third-order valence-electron chi connectivity index (χ3n) is 4.29. The number of benzene rings is 2. The fourth-order valence-electron chi connectivity index (χ4n) is 3.01. The minimum Gasteiger partial charge on any atom is -0.367 e. The predicted molar refractivity (Wildman–Crippen MR) is 91.5 cm³/mol. The van der Waals surface area contributed by atoms with Crippen LogP contribution in [0.15, 0.2) is 54.6 Å². The van der Waals surface area contributed by atoms with Crippen molar-refractivity contribution in [2.24, 2.45) is 0 Å². The van der Waals surface area contributed by atoms with Crippen molar-refractivity contribution in [2.75, 3.05) is 25.5 Å². The Kier molecular flexibility index (Phi) is 5.05. The lowest BCUT2D eigenvalue weighted by Crippen LogP contribution is -2.22. The van der Waals surface area contributed by atoms with Gasteiger partial charge < -0.3 is 15.4 Å². The molecule has 4 nitrogen and oxygen atoms in total. The molecule has 1 amide bonds. The van der Waals surface area contributed by atoms with Gasteiger partial charge in [0.05, 0.1) is 0 Å². The van der Waals surface area contributed by atoms with Crippen molar-refractivity contribution >= 4 is 11.6 Å². The first-order chi connectivity index (χ1) is 11.3.